The van der Waals surface area contributed by atoms with Crippen LogP contribution in [0.2, 0.25) is 10.0 Å². The number of carbonyl (C=O) groups is 2. The van der Waals surface area contributed by atoms with Gasteiger partial charge in [-0.1, -0.05) is 47.5 Å². The highest BCUT2D eigenvalue weighted by atomic mass is 35.5. The smallest absolute Gasteiger partial charge is 0.319 e. The van der Waals surface area contributed by atoms with E-state index in [-0.39, 0.29) is 6.54 Å². The Bertz CT molecular complexity index is 657. The summed E-state index contributed by atoms with van der Waals surface area (Å²) in [7, 11) is 0. The fourth-order valence-corrected chi connectivity index (χ4v) is 2.15. The van der Waals surface area contributed by atoms with E-state index in [0.29, 0.717) is 21.4 Å². The molecule has 0 bridgehead atoms. The molecule has 3 N–H and O–H groups in total. The third-order valence-corrected chi connectivity index (χ3v) is 3.30. The van der Waals surface area contributed by atoms with E-state index in [1.807, 2.05) is 6.07 Å². The van der Waals surface area contributed by atoms with E-state index in [0.717, 1.165) is 0 Å². The number of halogens is 2. The van der Waals surface area contributed by atoms with E-state index in [4.69, 9.17) is 23.2 Å². The molecule has 0 aliphatic carbocycles. The molecule has 0 heterocycles. The first-order valence-corrected chi connectivity index (χ1v) is 7.15. The van der Waals surface area contributed by atoms with Gasteiger partial charge in [0.15, 0.2) is 0 Å². The molecule has 0 saturated carbocycles. The second-order valence-electron chi connectivity index (χ2n) is 4.32. The molecule has 0 fully saturated rings. The van der Waals surface area contributed by atoms with Crippen molar-refractivity contribution in [2.24, 2.45) is 0 Å². The molecule has 0 saturated heterocycles. The van der Waals surface area contributed by atoms with E-state index in [2.05, 4.69) is 16.0 Å². The van der Waals surface area contributed by atoms with Gasteiger partial charge < -0.3 is 16.0 Å². The first-order valence-electron chi connectivity index (χ1n) is 6.40. The minimum atomic E-state index is -0.480. The van der Waals surface area contributed by atoms with Crippen LogP contribution in [0.15, 0.2) is 48.5 Å². The monoisotopic (exact) mass is 337 g/mol. The van der Waals surface area contributed by atoms with Crippen LogP contribution in [0.25, 0.3) is 0 Å². The third kappa shape index (κ3) is 4.65. The van der Waals surface area contributed by atoms with Crippen molar-refractivity contribution in [2.45, 2.75) is 0 Å². The normalized spacial score (nSPS) is 9.91. The Labute approximate surface area is 137 Å². The minimum Gasteiger partial charge on any atom is -0.329 e. The molecule has 22 heavy (non-hydrogen) atoms. The molecular formula is C15H13Cl2N3O2. The predicted molar refractivity (Wildman–Crippen MR) is 88.6 cm³/mol. The summed E-state index contributed by atoms with van der Waals surface area (Å²) in [5, 5.41) is 8.25. The van der Waals surface area contributed by atoms with E-state index >= 15 is 0 Å². The molecule has 7 heteroatoms. The number of urea groups is 1. The Kier molecular flexibility index (Phi) is 5.63. The van der Waals surface area contributed by atoms with Crippen LogP contribution in [0.4, 0.5) is 16.2 Å². The van der Waals surface area contributed by atoms with Gasteiger partial charge in [0.1, 0.15) is 0 Å². The number of nitrogens with one attached hydrogen (secondary N) is 3. The van der Waals surface area contributed by atoms with Crippen molar-refractivity contribution in [1.29, 1.82) is 0 Å². The highest BCUT2D eigenvalue weighted by molar-refractivity contribution is 6.39. The lowest BCUT2D eigenvalue weighted by molar-refractivity contribution is -0.115. The van der Waals surface area contributed by atoms with Crippen molar-refractivity contribution < 1.29 is 9.59 Å². The van der Waals surface area contributed by atoms with E-state index in [1.54, 1.807) is 42.5 Å². The van der Waals surface area contributed by atoms with Gasteiger partial charge in [0.25, 0.3) is 0 Å². The van der Waals surface area contributed by atoms with Gasteiger partial charge in [-0.2, -0.15) is 0 Å². The zero-order chi connectivity index (χ0) is 15.9. The average Bonchev–Trinajstić information content (AvgIpc) is 2.50. The lowest BCUT2D eigenvalue weighted by Crippen LogP contribution is -2.35. The molecule has 0 atom stereocenters. The van der Waals surface area contributed by atoms with Gasteiger partial charge in [0.05, 0.1) is 22.3 Å². The Hall–Kier alpha value is -2.24. The van der Waals surface area contributed by atoms with Crippen molar-refractivity contribution >= 4 is 46.5 Å². The molecule has 0 aromatic heterocycles. The molecule has 2 aromatic rings. The zero-order valence-electron chi connectivity index (χ0n) is 11.4. The molecule has 0 aliphatic heterocycles. The Balaban J connectivity index is 1.84. The van der Waals surface area contributed by atoms with Crippen molar-refractivity contribution in [3.63, 3.8) is 0 Å². The first-order chi connectivity index (χ1) is 10.6. The quantitative estimate of drug-likeness (QED) is 0.794. The Morgan fingerprint density at radius 1 is 0.864 bits per heavy atom. The lowest BCUT2D eigenvalue weighted by Gasteiger charge is -2.10. The van der Waals surface area contributed by atoms with Crippen LogP contribution >= 0.6 is 23.2 Å². The maximum Gasteiger partial charge on any atom is 0.319 e. The summed E-state index contributed by atoms with van der Waals surface area (Å²) >= 11 is 11.9. The van der Waals surface area contributed by atoms with Crippen LogP contribution in [-0.2, 0) is 4.79 Å². The number of rotatable bonds is 4. The second-order valence-corrected chi connectivity index (χ2v) is 5.13. The molecule has 0 radical (unpaired) electrons. The second kappa shape index (κ2) is 7.68. The van der Waals surface area contributed by atoms with Crippen LogP contribution in [-0.4, -0.2) is 18.5 Å². The minimum absolute atomic E-state index is 0.208. The Morgan fingerprint density at radius 2 is 1.50 bits per heavy atom. The summed E-state index contributed by atoms with van der Waals surface area (Å²) in [4.78, 5) is 23.5. The number of anilines is 2. The molecule has 0 unspecified atom stereocenters. The topological polar surface area (TPSA) is 70.2 Å². The summed E-state index contributed by atoms with van der Waals surface area (Å²) in [6, 6.07) is 13.3. The highest BCUT2D eigenvalue weighted by Crippen LogP contribution is 2.29. The van der Waals surface area contributed by atoms with Crippen molar-refractivity contribution in [3.05, 3.63) is 58.6 Å². The summed E-state index contributed by atoms with van der Waals surface area (Å²) in [5.41, 5.74) is 0.954. The van der Waals surface area contributed by atoms with Crippen molar-refractivity contribution in [1.82, 2.24) is 5.32 Å². The number of amides is 3. The maximum atomic E-state index is 11.8. The molecule has 0 spiro atoms. The van der Waals surface area contributed by atoms with Crippen LogP contribution in [0.3, 0.4) is 0 Å². The highest BCUT2D eigenvalue weighted by Gasteiger charge is 2.10. The number of hydrogen-bond donors (Lipinski definition) is 3. The van der Waals surface area contributed by atoms with Crippen LogP contribution in [0.5, 0.6) is 0 Å². The van der Waals surface area contributed by atoms with Crippen molar-refractivity contribution in [3.8, 4) is 0 Å². The summed E-state index contributed by atoms with van der Waals surface area (Å²) in [6.45, 7) is -0.208. The first kappa shape index (κ1) is 16.1. The van der Waals surface area contributed by atoms with E-state index in [9.17, 15) is 9.59 Å². The van der Waals surface area contributed by atoms with Gasteiger partial charge in [0, 0.05) is 5.69 Å². The number of carbonyl (C=O) groups excluding carboxylic acids is 2. The van der Waals surface area contributed by atoms with E-state index < -0.39 is 11.9 Å². The van der Waals surface area contributed by atoms with Crippen molar-refractivity contribution in [2.75, 3.05) is 17.2 Å². The molecule has 2 rings (SSSR count). The predicted octanol–water partition coefficient (Wildman–Crippen LogP) is 3.75. The van der Waals surface area contributed by atoms with Crippen LogP contribution in [0, 0.1) is 0 Å². The third-order valence-electron chi connectivity index (χ3n) is 2.67. The molecule has 3 amide bonds. The fourth-order valence-electron chi connectivity index (χ4n) is 1.66. The standard InChI is InChI=1S/C15H13Cl2N3O2/c16-11-7-4-8-12(17)14(11)20-13(21)9-18-15(22)19-10-5-2-1-3-6-10/h1-8H,9H2,(H,20,21)(H2,18,19,22). The molecule has 0 aliphatic rings. The maximum absolute atomic E-state index is 11.8. The zero-order valence-corrected chi connectivity index (χ0v) is 12.9. The average molecular weight is 338 g/mol. The number of hydrogen-bond acceptors (Lipinski definition) is 2. The molecule has 5 nitrogen and oxygen atoms in total. The van der Waals surface area contributed by atoms with Crippen LogP contribution in [0.1, 0.15) is 0 Å². The van der Waals surface area contributed by atoms with Gasteiger partial charge >= 0.3 is 6.03 Å². The number of para-hydroxylation sites is 2. The fraction of sp³-hybridized carbons (Fsp3) is 0.0667. The van der Waals surface area contributed by atoms with Gasteiger partial charge in [0.2, 0.25) is 5.91 Å². The number of benzene rings is 2. The molecule has 2 aromatic carbocycles. The van der Waals surface area contributed by atoms with Gasteiger partial charge in [-0.25, -0.2) is 4.79 Å². The van der Waals surface area contributed by atoms with Crippen LogP contribution < -0.4 is 16.0 Å². The molecule has 114 valence electrons. The van der Waals surface area contributed by atoms with Gasteiger partial charge in [-0.15, -0.1) is 0 Å². The molecular weight excluding hydrogens is 325 g/mol. The summed E-state index contributed by atoms with van der Waals surface area (Å²) in [5.74, 6) is -0.432. The van der Waals surface area contributed by atoms with Gasteiger partial charge in [-0.3, -0.25) is 4.79 Å². The summed E-state index contributed by atoms with van der Waals surface area (Å²) in [6.07, 6.45) is 0. The largest absolute Gasteiger partial charge is 0.329 e. The Morgan fingerprint density at radius 3 is 2.14 bits per heavy atom. The van der Waals surface area contributed by atoms with E-state index in [1.165, 1.54) is 0 Å². The van der Waals surface area contributed by atoms with Gasteiger partial charge in [-0.05, 0) is 24.3 Å². The lowest BCUT2D eigenvalue weighted by atomic mass is 10.3. The SMILES string of the molecule is O=C(CNC(=O)Nc1ccccc1)Nc1c(Cl)cccc1Cl. The summed E-state index contributed by atoms with van der Waals surface area (Å²) < 4.78 is 0.